The lowest BCUT2D eigenvalue weighted by Crippen LogP contribution is -2.65. The quantitative estimate of drug-likeness (QED) is 0.128. The van der Waals surface area contributed by atoms with Crippen LogP contribution in [0.5, 0.6) is 0 Å². The molecule has 3 fully saturated rings. The fourth-order valence-electron chi connectivity index (χ4n) is 4.68. The van der Waals surface area contributed by atoms with Crippen LogP contribution in [0.2, 0.25) is 0 Å². The van der Waals surface area contributed by atoms with Crippen molar-refractivity contribution in [1.29, 1.82) is 0 Å². The van der Waals surface area contributed by atoms with Crippen LogP contribution < -0.4 is 0 Å². The first-order valence-electron chi connectivity index (χ1n) is 12.0. The number of aliphatic hydroxyl groups excluding tert-OH is 11. The molecule has 16 atom stereocenters. The average molecular weight is 547 g/mol. The van der Waals surface area contributed by atoms with Gasteiger partial charge in [0.25, 0.3) is 0 Å². The first-order valence-corrected chi connectivity index (χ1v) is 12.0. The van der Waals surface area contributed by atoms with Crippen LogP contribution in [-0.4, -0.2) is 168 Å². The molecule has 6 unspecified atom stereocenters. The van der Waals surface area contributed by atoms with E-state index in [9.17, 15) is 51.1 Å². The highest BCUT2D eigenvalue weighted by atomic mass is 16.7. The number of hydrogen-bond donors (Lipinski definition) is 11. The Labute approximate surface area is 211 Å². The minimum Gasteiger partial charge on any atom is -0.394 e. The van der Waals surface area contributed by atoms with Crippen molar-refractivity contribution in [3.05, 3.63) is 0 Å². The largest absolute Gasteiger partial charge is 0.394 e. The summed E-state index contributed by atoms with van der Waals surface area (Å²) in [7, 11) is 0. The van der Waals surface area contributed by atoms with E-state index in [1.807, 2.05) is 0 Å². The SMILES string of the molecule is C[C@H]1C([C@H](O)[C@H](O)CO)O[C@H](O[C@@H]2C(O)[C@H](O[C@@H]3C(CO)OC(O)C(O)[C@H]3O)OC(CO)[C@@H]2O)C[C@H]1O. The second-order valence-corrected chi connectivity index (χ2v) is 9.57. The fraction of sp³-hybridized carbons (Fsp3) is 1.00. The standard InChI is InChI=1S/C21H38O16/c1-6-7(25)2-11(35-17(6)12(27)8(26)3-22)36-19-13(28)9(4-23)34-21(16(19)31)37-18-10(5-24)33-20(32)15(30)14(18)29/h6-32H,2-5H2,1H3/t6-,7-,8-,9?,10?,11-,12-,13+,14-,15?,16?,17?,18-,19+,20?,21+/m1/s1. The molecule has 0 spiro atoms. The molecular weight excluding hydrogens is 508 g/mol. The van der Waals surface area contributed by atoms with Crippen molar-refractivity contribution >= 4 is 0 Å². The third-order valence-corrected chi connectivity index (χ3v) is 7.05. The molecule has 16 nitrogen and oxygen atoms in total. The molecule has 0 aromatic heterocycles. The third kappa shape index (κ3) is 6.58. The zero-order chi connectivity index (χ0) is 27.6. The van der Waals surface area contributed by atoms with Gasteiger partial charge in [-0.1, -0.05) is 6.92 Å². The van der Waals surface area contributed by atoms with Gasteiger partial charge in [0.05, 0.1) is 32.0 Å². The number of aliphatic hydroxyl groups is 11. The molecule has 0 amide bonds. The van der Waals surface area contributed by atoms with Gasteiger partial charge in [-0.25, -0.2) is 0 Å². The molecule has 0 radical (unpaired) electrons. The van der Waals surface area contributed by atoms with Gasteiger partial charge in [-0.3, -0.25) is 0 Å². The Balaban J connectivity index is 1.76. The summed E-state index contributed by atoms with van der Waals surface area (Å²) in [5, 5.41) is 110. The maximum absolute atomic E-state index is 10.9. The Morgan fingerprint density at radius 3 is 2.00 bits per heavy atom. The second kappa shape index (κ2) is 13.1. The molecule has 0 aliphatic carbocycles. The first kappa shape index (κ1) is 30.9. The summed E-state index contributed by atoms with van der Waals surface area (Å²) in [6.45, 7) is -0.753. The zero-order valence-corrected chi connectivity index (χ0v) is 20.0. The van der Waals surface area contributed by atoms with Gasteiger partial charge in [0, 0.05) is 12.3 Å². The Bertz CT molecular complexity index is 699. The number of rotatable bonds is 9. The highest BCUT2D eigenvalue weighted by Crippen LogP contribution is 2.34. The summed E-state index contributed by atoms with van der Waals surface area (Å²) in [6.07, 6.45) is -23.4. The summed E-state index contributed by atoms with van der Waals surface area (Å²) in [5.74, 6) is -0.688. The maximum Gasteiger partial charge on any atom is 0.187 e. The van der Waals surface area contributed by atoms with Gasteiger partial charge in [-0.05, 0) is 0 Å². The summed E-state index contributed by atoms with van der Waals surface area (Å²) >= 11 is 0. The van der Waals surface area contributed by atoms with Gasteiger partial charge in [0.2, 0.25) is 0 Å². The van der Waals surface area contributed by atoms with Crippen LogP contribution >= 0.6 is 0 Å². The molecule has 16 heteroatoms. The van der Waals surface area contributed by atoms with Gasteiger partial charge in [0.15, 0.2) is 18.9 Å². The molecule has 3 aliphatic rings. The third-order valence-electron chi connectivity index (χ3n) is 7.05. The highest BCUT2D eigenvalue weighted by Gasteiger charge is 2.52. The van der Waals surface area contributed by atoms with Gasteiger partial charge in [-0.2, -0.15) is 0 Å². The van der Waals surface area contributed by atoms with E-state index in [1.165, 1.54) is 0 Å². The van der Waals surface area contributed by atoms with E-state index in [0.717, 1.165) is 0 Å². The molecule has 0 aromatic carbocycles. The van der Waals surface area contributed by atoms with Gasteiger partial charge in [-0.15, -0.1) is 0 Å². The van der Waals surface area contributed by atoms with Crippen molar-refractivity contribution in [3.8, 4) is 0 Å². The predicted molar refractivity (Wildman–Crippen MR) is 115 cm³/mol. The minimum absolute atomic E-state index is 0.169. The molecule has 0 saturated carbocycles. The van der Waals surface area contributed by atoms with Crippen LogP contribution in [-0.2, 0) is 23.7 Å². The van der Waals surface area contributed by atoms with Gasteiger partial charge >= 0.3 is 0 Å². The van der Waals surface area contributed by atoms with Crippen LogP contribution in [0.1, 0.15) is 13.3 Å². The van der Waals surface area contributed by atoms with Crippen LogP contribution in [0.15, 0.2) is 0 Å². The second-order valence-electron chi connectivity index (χ2n) is 9.57. The van der Waals surface area contributed by atoms with E-state index in [-0.39, 0.29) is 6.42 Å². The predicted octanol–water partition coefficient (Wildman–Crippen LogP) is -6.55. The molecule has 3 heterocycles. The van der Waals surface area contributed by atoms with Gasteiger partial charge in [0.1, 0.15) is 61.0 Å². The Kier molecular flexibility index (Phi) is 11.0. The molecule has 0 aromatic rings. The lowest BCUT2D eigenvalue weighted by Gasteiger charge is -2.47. The van der Waals surface area contributed by atoms with Gasteiger partial charge < -0.3 is 79.9 Å². The Morgan fingerprint density at radius 2 is 1.41 bits per heavy atom. The van der Waals surface area contributed by atoms with Crippen LogP contribution in [0.4, 0.5) is 0 Å². The molecule has 11 N–H and O–H groups in total. The van der Waals surface area contributed by atoms with E-state index in [4.69, 9.17) is 28.8 Å². The van der Waals surface area contributed by atoms with Crippen molar-refractivity contribution in [2.24, 2.45) is 5.92 Å². The molecule has 218 valence electrons. The Hall–Kier alpha value is -0.640. The summed E-state index contributed by atoms with van der Waals surface area (Å²) in [5.41, 5.74) is 0. The number of hydrogen-bond acceptors (Lipinski definition) is 16. The van der Waals surface area contributed by atoms with Crippen molar-refractivity contribution in [1.82, 2.24) is 0 Å². The highest BCUT2D eigenvalue weighted by molar-refractivity contribution is 4.95. The van der Waals surface area contributed by atoms with E-state index >= 15 is 0 Å². The topological polar surface area (TPSA) is 269 Å². The van der Waals surface area contributed by atoms with E-state index in [2.05, 4.69) is 0 Å². The lowest BCUT2D eigenvalue weighted by molar-refractivity contribution is -0.371. The summed E-state index contributed by atoms with van der Waals surface area (Å²) in [4.78, 5) is 0. The molecule has 37 heavy (non-hydrogen) atoms. The van der Waals surface area contributed by atoms with E-state index in [0.29, 0.717) is 0 Å². The molecule has 3 saturated heterocycles. The number of ether oxygens (including phenoxy) is 5. The molecule has 3 rings (SSSR count). The van der Waals surface area contributed by atoms with Crippen LogP contribution in [0, 0.1) is 5.92 Å². The maximum atomic E-state index is 10.9. The lowest BCUT2D eigenvalue weighted by atomic mass is 9.87. The summed E-state index contributed by atoms with van der Waals surface area (Å²) < 4.78 is 27.3. The van der Waals surface area contributed by atoms with E-state index in [1.54, 1.807) is 6.92 Å². The van der Waals surface area contributed by atoms with Crippen molar-refractivity contribution in [2.45, 2.75) is 105 Å². The Morgan fingerprint density at radius 1 is 0.757 bits per heavy atom. The smallest absolute Gasteiger partial charge is 0.187 e. The molecule has 3 aliphatic heterocycles. The van der Waals surface area contributed by atoms with E-state index < -0.39 is 118 Å². The molecule has 0 bridgehead atoms. The first-order chi connectivity index (χ1) is 17.4. The zero-order valence-electron chi connectivity index (χ0n) is 20.0. The van der Waals surface area contributed by atoms with Crippen LogP contribution in [0.25, 0.3) is 0 Å². The van der Waals surface area contributed by atoms with Crippen molar-refractivity contribution < 1.29 is 79.9 Å². The monoisotopic (exact) mass is 546 g/mol. The minimum atomic E-state index is -1.82. The fourth-order valence-corrected chi connectivity index (χ4v) is 4.68. The van der Waals surface area contributed by atoms with Crippen LogP contribution in [0.3, 0.4) is 0 Å². The van der Waals surface area contributed by atoms with Crippen molar-refractivity contribution in [2.75, 3.05) is 19.8 Å². The molecular formula is C21H38O16. The average Bonchev–Trinajstić information content (AvgIpc) is 2.88. The summed E-state index contributed by atoms with van der Waals surface area (Å²) in [6, 6.07) is 0. The normalized spacial score (nSPS) is 49.0. The van der Waals surface area contributed by atoms with Crippen molar-refractivity contribution in [3.63, 3.8) is 0 Å².